The molecule has 0 heterocycles. The van der Waals surface area contributed by atoms with Crippen molar-refractivity contribution >= 4 is 0 Å². The van der Waals surface area contributed by atoms with Crippen molar-refractivity contribution in [3.8, 4) is 5.75 Å². The lowest BCUT2D eigenvalue weighted by Crippen LogP contribution is -2.00. The van der Waals surface area contributed by atoms with Gasteiger partial charge in [-0.05, 0) is 24.1 Å². The first kappa shape index (κ1) is 12.7. The Bertz CT molecular complexity index is 462. The maximum absolute atomic E-state index is 5.82. The fraction of sp³-hybridized carbons (Fsp3) is 0.294. The van der Waals surface area contributed by atoms with Crippen molar-refractivity contribution in [2.75, 3.05) is 6.61 Å². The van der Waals surface area contributed by atoms with Gasteiger partial charge in [-0.3, -0.25) is 0 Å². The van der Waals surface area contributed by atoms with Gasteiger partial charge >= 0.3 is 0 Å². The molecular formula is C17H19O. The van der Waals surface area contributed by atoms with Crippen molar-refractivity contribution in [1.82, 2.24) is 0 Å². The van der Waals surface area contributed by atoms with Crippen molar-refractivity contribution in [3.63, 3.8) is 0 Å². The predicted octanol–water partition coefficient (Wildman–Crippen LogP) is 4.26. The summed E-state index contributed by atoms with van der Waals surface area (Å²) in [6.45, 7) is 2.96. The molecule has 1 nitrogen and oxygen atoms in total. The van der Waals surface area contributed by atoms with Crippen LogP contribution in [0.25, 0.3) is 0 Å². The van der Waals surface area contributed by atoms with E-state index in [2.05, 4.69) is 37.3 Å². The average Bonchev–Trinajstić information content (AvgIpc) is 2.42. The van der Waals surface area contributed by atoms with Gasteiger partial charge < -0.3 is 4.74 Å². The van der Waals surface area contributed by atoms with E-state index in [0.29, 0.717) is 0 Å². The molecule has 0 atom stereocenters. The summed E-state index contributed by atoms with van der Waals surface area (Å²) in [6.07, 6.45) is 3.13. The predicted molar refractivity (Wildman–Crippen MR) is 74.9 cm³/mol. The summed E-state index contributed by atoms with van der Waals surface area (Å²) in [6, 6.07) is 19.7. The molecule has 1 radical (unpaired) electrons. The van der Waals surface area contributed by atoms with Crippen LogP contribution in [0.4, 0.5) is 0 Å². The molecule has 1 heteroatoms. The topological polar surface area (TPSA) is 9.23 Å². The number of unbranched alkanes of at least 4 members (excludes halogenated alkanes) is 1. The highest BCUT2D eigenvalue weighted by Crippen LogP contribution is 2.21. The molecule has 0 N–H and O–H groups in total. The second-order valence-corrected chi connectivity index (χ2v) is 4.38. The number of ether oxygens (including phenoxy) is 1. The largest absolute Gasteiger partial charge is 0.493 e. The van der Waals surface area contributed by atoms with Crippen molar-refractivity contribution < 1.29 is 4.74 Å². The summed E-state index contributed by atoms with van der Waals surface area (Å²) in [5.41, 5.74) is 2.43. The third kappa shape index (κ3) is 3.63. The van der Waals surface area contributed by atoms with E-state index in [1.165, 1.54) is 5.56 Å². The van der Waals surface area contributed by atoms with Gasteiger partial charge in [0, 0.05) is 12.0 Å². The number of hydrogen-bond donors (Lipinski definition) is 0. The second-order valence-electron chi connectivity index (χ2n) is 4.38. The van der Waals surface area contributed by atoms with Crippen LogP contribution in [0.1, 0.15) is 30.9 Å². The Balaban J connectivity index is 2.07. The Morgan fingerprint density at radius 1 is 1.06 bits per heavy atom. The summed E-state index contributed by atoms with van der Waals surface area (Å²) in [5, 5.41) is 0. The van der Waals surface area contributed by atoms with E-state index in [1.54, 1.807) is 0 Å². The maximum Gasteiger partial charge on any atom is 0.123 e. The SMILES string of the molecule is CCCCOc1ccc[c]c1Cc1ccccc1. The summed E-state index contributed by atoms with van der Waals surface area (Å²) in [7, 11) is 0. The third-order valence-electron chi connectivity index (χ3n) is 2.88. The zero-order valence-corrected chi connectivity index (χ0v) is 10.9. The van der Waals surface area contributed by atoms with E-state index in [0.717, 1.165) is 37.2 Å². The van der Waals surface area contributed by atoms with Crippen LogP contribution in [0.3, 0.4) is 0 Å². The Labute approximate surface area is 109 Å². The molecule has 0 aliphatic carbocycles. The Morgan fingerprint density at radius 2 is 1.89 bits per heavy atom. The molecule has 2 aromatic carbocycles. The molecular weight excluding hydrogens is 220 g/mol. The Hall–Kier alpha value is -1.76. The molecule has 0 bridgehead atoms. The molecule has 0 aliphatic rings. The van der Waals surface area contributed by atoms with Crippen LogP contribution in [0.15, 0.2) is 48.5 Å². The molecule has 2 rings (SSSR count). The zero-order valence-electron chi connectivity index (χ0n) is 10.9. The third-order valence-corrected chi connectivity index (χ3v) is 2.88. The fourth-order valence-electron chi connectivity index (χ4n) is 1.86. The average molecular weight is 239 g/mol. The van der Waals surface area contributed by atoms with Crippen LogP contribution in [0.2, 0.25) is 0 Å². The number of hydrogen-bond acceptors (Lipinski definition) is 1. The molecule has 0 aliphatic heterocycles. The van der Waals surface area contributed by atoms with Gasteiger partial charge in [-0.2, -0.15) is 0 Å². The van der Waals surface area contributed by atoms with Crippen LogP contribution in [0, 0.1) is 6.07 Å². The minimum Gasteiger partial charge on any atom is -0.493 e. The summed E-state index contributed by atoms with van der Waals surface area (Å²) >= 11 is 0. The van der Waals surface area contributed by atoms with Gasteiger partial charge in [-0.15, -0.1) is 0 Å². The van der Waals surface area contributed by atoms with Gasteiger partial charge in [0.15, 0.2) is 0 Å². The van der Waals surface area contributed by atoms with E-state index in [-0.39, 0.29) is 0 Å². The van der Waals surface area contributed by atoms with Crippen LogP contribution in [0.5, 0.6) is 5.75 Å². The smallest absolute Gasteiger partial charge is 0.123 e. The van der Waals surface area contributed by atoms with Crippen molar-refractivity contribution in [2.45, 2.75) is 26.2 Å². The van der Waals surface area contributed by atoms with E-state index >= 15 is 0 Å². The van der Waals surface area contributed by atoms with E-state index in [4.69, 9.17) is 4.74 Å². The number of benzene rings is 2. The molecule has 0 unspecified atom stereocenters. The van der Waals surface area contributed by atoms with Gasteiger partial charge in [0.05, 0.1) is 6.61 Å². The Morgan fingerprint density at radius 3 is 2.67 bits per heavy atom. The van der Waals surface area contributed by atoms with Crippen LogP contribution in [-0.2, 0) is 6.42 Å². The number of rotatable bonds is 6. The van der Waals surface area contributed by atoms with Crippen LogP contribution >= 0.6 is 0 Å². The van der Waals surface area contributed by atoms with Crippen LogP contribution < -0.4 is 4.74 Å². The first-order valence-electron chi connectivity index (χ1n) is 6.56. The molecule has 93 valence electrons. The fourth-order valence-corrected chi connectivity index (χ4v) is 1.86. The second kappa shape index (κ2) is 6.85. The molecule has 0 saturated heterocycles. The highest BCUT2D eigenvalue weighted by atomic mass is 16.5. The van der Waals surface area contributed by atoms with Crippen molar-refractivity contribution in [1.29, 1.82) is 0 Å². The van der Waals surface area contributed by atoms with Crippen molar-refractivity contribution in [3.05, 3.63) is 65.7 Å². The highest BCUT2D eigenvalue weighted by Gasteiger charge is 2.04. The minimum absolute atomic E-state index is 0.788. The molecule has 18 heavy (non-hydrogen) atoms. The standard InChI is InChI=1S/C17H19O/c1-2-3-13-18-17-12-8-7-11-16(17)14-15-9-5-4-6-10-15/h4-10,12H,2-3,13-14H2,1H3. The van der Waals surface area contributed by atoms with Gasteiger partial charge in [0.2, 0.25) is 0 Å². The van der Waals surface area contributed by atoms with Gasteiger partial charge in [0.25, 0.3) is 0 Å². The lowest BCUT2D eigenvalue weighted by Gasteiger charge is -2.10. The monoisotopic (exact) mass is 239 g/mol. The summed E-state index contributed by atoms with van der Waals surface area (Å²) in [4.78, 5) is 0. The molecule has 0 aromatic heterocycles. The first-order valence-corrected chi connectivity index (χ1v) is 6.56. The lowest BCUT2D eigenvalue weighted by molar-refractivity contribution is 0.306. The van der Waals surface area contributed by atoms with Gasteiger partial charge in [-0.1, -0.05) is 55.8 Å². The van der Waals surface area contributed by atoms with Crippen LogP contribution in [-0.4, -0.2) is 6.61 Å². The zero-order chi connectivity index (χ0) is 12.6. The summed E-state index contributed by atoms with van der Waals surface area (Å²) in [5.74, 6) is 0.967. The van der Waals surface area contributed by atoms with Gasteiger partial charge in [-0.25, -0.2) is 0 Å². The maximum atomic E-state index is 5.82. The molecule has 0 saturated carbocycles. The van der Waals surface area contributed by atoms with E-state index in [1.807, 2.05) is 24.3 Å². The van der Waals surface area contributed by atoms with E-state index < -0.39 is 0 Å². The molecule has 2 aromatic rings. The molecule has 0 amide bonds. The van der Waals surface area contributed by atoms with Crippen molar-refractivity contribution in [2.24, 2.45) is 0 Å². The summed E-state index contributed by atoms with van der Waals surface area (Å²) < 4.78 is 5.82. The van der Waals surface area contributed by atoms with Gasteiger partial charge in [0.1, 0.15) is 5.75 Å². The lowest BCUT2D eigenvalue weighted by atomic mass is 10.0. The Kier molecular flexibility index (Phi) is 4.83. The molecule has 0 fully saturated rings. The first-order chi connectivity index (χ1) is 8.90. The van der Waals surface area contributed by atoms with E-state index in [9.17, 15) is 0 Å². The minimum atomic E-state index is 0.788. The molecule has 0 spiro atoms. The normalized spacial score (nSPS) is 10.3. The highest BCUT2D eigenvalue weighted by molar-refractivity contribution is 5.36. The quantitative estimate of drug-likeness (QED) is 0.684.